The van der Waals surface area contributed by atoms with Crippen LogP contribution in [-0.4, -0.2) is 12.5 Å². The van der Waals surface area contributed by atoms with Gasteiger partial charge in [0.25, 0.3) is 0 Å². The molecule has 0 spiro atoms. The average Bonchev–Trinajstić information content (AvgIpc) is 2.15. The third-order valence-corrected chi connectivity index (χ3v) is 1.89. The fourth-order valence-corrected chi connectivity index (χ4v) is 0.797. The largest absolute Gasteiger partial charge is 0.356 e. The van der Waals surface area contributed by atoms with Gasteiger partial charge < -0.3 is 5.32 Å². The van der Waals surface area contributed by atoms with E-state index in [4.69, 9.17) is 5.26 Å². The standard InChI is InChI=1S/C10H16N2O/c1-4-5-6-12-10(13)9(3)8(2)7-11/h9H,2,4-6H2,1,3H3,(H,12,13). The number of rotatable bonds is 5. The van der Waals surface area contributed by atoms with Crippen molar-refractivity contribution in [1.29, 1.82) is 5.26 Å². The van der Waals surface area contributed by atoms with Gasteiger partial charge in [-0.05, 0) is 13.3 Å². The zero-order valence-electron chi connectivity index (χ0n) is 8.26. The van der Waals surface area contributed by atoms with Crippen LogP contribution in [0.5, 0.6) is 0 Å². The first kappa shape index (κ1) is 11.7. The lowest BCUT2D eigenvalue weighted by atomic mass is 10.0. The van der Waals surface area contributed by atoms with E-state index in [0.717, 1.165) is 12.8 Å². The van der Waals surface area contributed by atoms with Crippen molar-refractivity contribution in [3.05, 3.63) is 12.2 Å². The van der Waals surface area contributed by atoms with E-state index in [-0.39, 0.29) is 5.91 Å². The quantitative estimate of drug-likeness (QED) is 0.516. The predicted octanol–water partition coefficient (Wildman–Crippen LogP) is 1.62. The molecule has 0 aromatic rings. The molecule has 0 heterocycles. The van der Waals surface area contributed by atoms with E-state index >= 15 is 0 Å². The molecule has 72 valence electrons. The fourth-order valence-electron chi connectivity index (χ4n) is 0.797. The maximum atomic E-state index is 11.3. The minimum atomic E-state index is -0.401. The molecule has 1 amide bonds. The van der Waals surface area contributed by atoms with Crippen LogP contribution in [0.25, 0.3) is 0 Å². The van der Waals surface area contributed by atoms with Crippen molar-refractivity contribution in [3.8, 4) is 6.07 Å². The average molecular weight is 180 g/mol. The number of hydrogen-bond acceptors (Lipinski definition) is 2. The summed E-state index contributed by atoms with van der Waals surface area (Å²) < 4.78 is 0. The van der Waals surface area contributed by atoms with Crippen molar-refractivity contribution in [1.82, 2.24) is 5.32 Å². The van der Waals surface area contributed by atoms with Crippen molar-refractivity contribution >= 4 is 5.91 Å². The Labute approximate surface area is 79.4 Å². The molecule has 0 aromatic heterocycles. The number of amides is 1. The summed E-state index contributed by atoms with van der Waals surface area (Å²) in [6.45, 7) is 7.93. The van der Waals surface area contributed by atoms with Gasteiger partial charge in [0.15, 0.2) is 0 Å². The molecule has 3 heteroatoms. The first-order chi connectivity index (χ1) is 6.13. The summed E-state index contributed by atoms with van der Waals surface area (Å²) in [7, 11) is 0. The van der Waals surface area contributed by atoms with Gasteiger partial charge in [0.2, 0.25) is 5.91 Å². The summed E-state index contributed by atoms with van der Waals surface area (Å²) >= 11 is 0. The fraction of sp³-hybridized carbons (Fsp3) is 0.600. The number of unbranched alkanes of at least 4 members (excludes halogenated alkanes) is 1. The Balaban J connectivity index is 3.84. The van der Waals surface area contributed by atoms with Gasteiger partial charge in [-0.2, -0.15) is 5.26 Å². The SMILES string of the molecule is C=C(C#N)C(C)C(=O)NCCCC. The summed E-state index contributed by atoms with van der Waals surface area (Å²) in [6, 6.07) is 1.88. The Morgan fingerprint density at radius 3 is 2.77 bits per heavy atom. The third kappa shape index (κ3) is 4.32. The monoisotopic (exact) mass is 180 g/mol. The van der Waals surface area contributed by atoms with E-state index in [1.165, 1.54) is 0 Å². The Hall–Kier alpha value is -1.30. The highest BCUT2D eigenvalue weighted by molar-refractivity contribution is 5.81. The molecule has 0 saturated heterocycles. The van der Waals surface area contributed by atoms with Crippen molar-refractivity contribution < 1.29 is 4.79 Å². The van der Waals surface area contributed by atoms with Gasteiger partial charge >= 0.3 is 0 Å². The van der Waals surface area contributed by atoms with Crippen LogP contribution >= 0.6 is 0 Å². The number of nitriles is 1. The van der Waals surface area contributed by atoms with Crippen molar-refractivity contribution in [3.63, 3.8) is 0 Å². The predicted molar refractivity (Wildman–Crippen MR) is 51.8 cm³/mol. The van der Waals surface area contributed by atoms with Crippen LogP contribution in [0.1, 0.15) is 26.7 Å². The number of hydrogen-bond donors (Lipinski definition) is 1. The summed E-state index contributed by atoms with van der Waals surface area (Å²) in [4.78, 5) is 11.3. The van der Waals surface area contributed by atoms with E-state index in [1.54, 1.807) is 6.92 Å². The zero-order chi connectivity index (χ0) is 10.3. The van der Waals surface area contributed by atoms with E-state index < -0.39 is 5.92 Å². The third-order valence-electron chi connectivity index (χ3n) is 1.89. The van der Waals surface area contributed by atoms with Crippen LogP contribution in [0.3, 0.4) is 0 Å². The molecule has 0 aliphatic rings. The van der Waals surface area contributed by atoms with Crippen molar-refractivity contribution in [2.75, 3.05) is 6.54 Å². The molecule has 1 unspecified atom stereocenters. The van der Waals surface area contributed by atoms with Gasteiger partial charge in [0.05, 0.1) is 12.0 Å². The molecule has 1 N–H and O–H groups in total. The Morgan fingerprint density at radius 1 is 1.69 bits per heavy atom. The van der Waals surface area contributed by atoms with Crippen LogP contribution < -0.4 is 5.32 Å². The molecule has 0 aliphatic carbocycles. The molecule has 0 saturated carbocycles. The van der Waals surface area contributed by atoms with Crippen LogP contribution in [0.4, 0.5) is 0 Å². The van der Waals surface area contributed by atoms with Gasteiger partial charge in [-0.1, -0.05) is 19.9 Å². The van der Waals surface area contributed by atoms with Gasteiger partial charge in [0, 0.05) is 12.1 Å². The Morgan fingerprint density at radius 2 is 2.31 bits per heavy atom. The van der Waals surface area contributed by atoms with Crippen molar-refractivity contribution in [2.45, 2.75) is 26.7 Å². The zero-order valence-corrected chi connectivity index (χ0v) is 8.26. The lowest BCUT2D eigenvalue weighted by molar-refractivity contribution is -0.123. The molecule has 0 bridgehead atoms. The Bertz CT molecular complexity index is 228. The maximum absolute atomic E-state index is 11.3. The summed E-state index contributed by atoms with van der Waals surface area (Å²) in [5, 5.41) is 11.2. The molecule has 0 radical (unpaired) electrons. The van der Waals surface area contributed by atoms with Gasteiger partial charge in [0.1, 0.15) is 0 Å². The molecular weight excluding hydrogens is 164 g/mol. The summed E-state index contributed by atoms with van der Waals surface area (Å²) in [5.41, 5.74) is 0.314. The highest BCUT2D eigenvalue weighted by Gasteiger charge is 2.14. The second kappa shape index (κ2) is 6.24. The second-order valence-electron chi connectivity index (χ2n) is 3.00. The smallest absolute Gasteiger partial charge is 0.227 e. The number of nitrogens with zero attached hydrogens (tertiary/aromatic N) is 1. The van der Waals surface area contributed by atoms with E-state index in [0.29, 0.717) is 12.1 Å². The highest BCUT2D eigenvalue weighted by atomic mass is 16.1. The lowest BCUT2D eigenvalue weighted by Crippen LogP contribution is -2.30. The topological polar surface area (TPSA) is 52.9 Å². The Kier molecular flexibility index (Phi) is 5.62. The van der Waals surface area contributed by atoms with E-state index in [2.05, 4.69) is 18.8 Å². The molecule has 0 rings (SSSR count). The molecule has 13 heavy (non-hydrogen) atoms. The second-order valence-corrected chi connectivity index (χ2v) is 3.00. The number of nitrogens with one attached hydrogen (secondary N) is 1. The lowest BCUT2D eigenvalue weighted by Gasteiger charge is -2.09. The molecule has 0 fully saturated rings. The molecular formula is C10H16N2O. The molecule has 3 nitrogen and oxygen atoms in total. The number of carbonyl (C=O) groups excluding carboxylic acids is 1. The molecule has 1 atom stereocenters. The summed E-state index contributed by atoms with van der Waals surface area (Å²) in [6.07, 6.45) is 2.02. The van der Waals surface area contributed by atoms with Crippen LogP contribution in [-0.2, 0) is 4.79 Å². The highest BCUT2D eigenvalue weighted by Crippen LogP contribution is 2.06. The number of carbonyl (C=O) groups is 1. The molecule has 0 aliphatic heterocycles. The first-order valence-corrected chi connectivity index (χ1v) is 4.50. The van der Waals surface area contributed by atoms with Gasteiger partial charge in [-0.3, -0.25) is 4.79 Å². The van der Waals surface area contributed by atoms with Crippen LogP contribution in [0.2, 0.25) is 0 Å². The minimum absolute atomic E-state index is 0.111. The maximum Gasteiger partial charge on any atom is 0.227 e. The normalized spacial score (nSPS) is 11.5. The first-order valence-electron chi connectivity index (χ1n) is 4.50. The van der Waals surface area contributed by atoms with E-state index in [1.807, 2.05) is 6.07 Å². The van der Waals surface area contributed by atoms with Gasteiger partial charge in [-0.25, -0.2) is 0 Å². The van der Waals surface area contributed by atoms with Crippen LogP contribution in [0, 0.1) is 17.2 Å². The van der Waals surface area contributed by atoms with Gasteiger partial charge in [-0.15, -0.1) is 0 Å². The van der Waals surface area contributed by atoms with E-state index in [9.17, 15) is 4.79 Å². The summed E-state index contributed by atoms with van der Waals surface area (Å²) in [5.74, 6) is -0.512. The van der Waals surface area contributed by atoms with Crippen molar-refractivity contribution in [2.24, 2.45) is 5.92 Å². The molecule has 0 aromatic carbocycles. The van der Waals surface area contributed by atoms with Crippen LogP contribution in [0.15, 0.2) is 12.2 Å². The minimum Gasteiger partial charge on any atom is -0.356 e.